The molecule has 1 amide bonds. The fourth-order valence-electron chi connectivity index (χ4n) is 3.37. The number of carbonyl (C=O) groups excluding carboxylic acids is 1. The maximum atomic E-state index is 12.5. The van der Waals surface area contributed by atoms with Crippen LogP contribution in [-0.2, 0) is 13.0 Å². The fraction of sp³-hybridized carbons (Fsp3) is 0.238. The Kier molecular flexibility index (Phi) is 5.26. The molecule has 3 aromatic rings. The number of ether oxygens (including phenoxy) is 1. The maximum absolute atomic E-state index is 12.5. The van der Waals surface area contributed by atoms with Gasteiger partial charge in [-0.2, -0.15) is 13.9 Å². The predicted octanol–water partition coefficient (Wildman–Crippen LogP) is 3.10. The molecule has 0 atom stereocenters. The minimum absolute atomic E-state index is 0.0386. The lowest BCUT2D eigenvalue weighted by molar-refractivity contribution is -0.0498. The monoisotopic (exact) mass is 412 g/mol. The van der Waals surface area contributed by atoms with Crippen molar-refractivity contribution in [3.8, 4) is 5.75 Å². The molecule has 0 saturated heterocycles. The highest BCUT2D eigenvalue weighted by Crippen LogP contribution is 2.17. The van der Waals surface area contributed by atoms with Crippen LogP contribution in [0.1, 0.15) is 35.1 Å². The zero-order valence-corrected chi connectivity index (χ0v) is 16.1. The molecule has 30 heavy (non-hydrogen) atoms. The van der Waals surface area contributed by atoms with E-state index in [4.69, 9.17) is 0 Å². The average molecular weight is 412 g/mol. The van der Waals surface area contributed by atoms with Gasteiger partial charge in [0.05, 0.1) is 16.6 Å². The third kappa shape index (κ3) is 3.91. The largest absolute Gasteiger partial charge is 0.435 e. The zero-order valence-electron chi connectivity index (χ0n) is 16.1. The number of amides is 1. The summed E-state index contributed by atoms with van der Waals surface area (Å²) in [5.41, 5.74) is 4.31. The summed E-state index contributed by atoms with van der Waals surface area (Å²) in [6.07, 6.45) is 1.63. The van der Waals surface area contributed by atoms with E-state index in [1.165, 1.54) is 12.1 Å². The molecule has 0 aliphatic carbocycles. The van der Waals surface area contributed by atoms with Crippen molar-refractivity contribution in [2.24, 2.45) is 5.10 Å². The number of aryl methyl sites for hydroxylation is 1. The first-order valence-electron chi connectivity index (χ1n) is 9.36. The van der Waals surface area contributed by atoms with Gasteiger partial charge in [0.2, 0.25) is 0 Å². The van der Waals surface area contributed by atoms with Crippen molar-refractivity contribution in [2.75, 3.05) is 0 Å². The van der Waals surface area contributed by atoms with E-state index in [-0.39, 0.29) is 11.3 Å². The molecular weight excluding hydrogens is 394 g/mol. The number of halogens is 2. The van der Waals surface area contributed by atoms with Crippen molar-refractivity contribution in [3.63, 3.8) is 0 Å². The Bertz CT molecular complexity index is 1200. The molecule has 1 aliphatic rings. The summed E-state index contributed by atoms with van der Waals surface area (Å²) in [6.45, 7) is -0.545. The summed E-state index contributed by atoms with van der Waals surface area (Å²) >= 11 is 0. The van der Waals surface area contributed by atoms with E-state index in [0.717, 1.165) is 18.7 Å². The molecule has 0 radical (unpaired) electrons. The first-order valence-corrected chi connectivity index (χ1v) is 9.36. The van der Waals surface area contributed by atoms with Crippen molar-refractivity contribution < 1.29 is 18.3 Å². The molecule has 1 N–H and O–H groups in total. The Morgan fingerprint density at radius 3 is 2.67 bits per heavy atom. The van der Waals surface area contributed by atoms with Crippen LogP contribution in [0.3, 0.4) is 0 Å². The van der Waals surface area contributed by atoms with Gasteiger partial charge in [-0.05, 0) is 61.4 Å². The summed E-state index contributed by atoms with van der Waals surface area (Å²) in [4.78, 5) is 29.5. The van der Waals surface area contributed by atoms with Crippen LogP contribution in [0.4, 0.5) is 8.78 Å². The molecule has 0 saturated carbocycles. The summed E-state index contributed by atoms with van der Waals surface area (Å²) in [5.74, 6) is 0.325. The Morgan fingerprint density at radius 1 is 1.20 bits per heavy atom. The molecule has 1 aromatic heterocycles. The first kappa shape index (κ1) is 19.7. The molecule has 0 spiro atoms. The Labute approximate surface area is 170 Å². The Morgan fingerprint density at radius 2 is 1.93 bits per heavy atom. The summed E-state index contributed by atoms with van der Waals surface area (Å²) < 4.78 is 30.4. The van der Waals surface area contributed by atoms with E-state index in [1.807, 2.05) is 0 Å². The van der Waals surface area contributed by atoms with Gasteiger partial charge in [0.15, 0.2) is 0 Å². The van der Waals surface area contributed by atoms with Crippen LogP contribution in [-0.4, -0.2) is 27.8 Å². The van der Waals surface area contributed by atoms with Gasteiger partial charge in [-0.25, -0.2) is 10.4 Å². The zero-order chi connectivity index (χ0) is 21.3. The molecule has 0 bridgehead atoms. The average Bonchev–Trinajstić information content (AvgIpc) is 3.20. The van der Waals surface area contributed by atoms with Crippen LogP contribution in [0, 0.1) is 0 Å². The number of carbonyl (C=O) groups is 1. The second kappa shape index (κ2) is 8.02. The molecule has 4 rings (SSSR count). The Balaban J connectivity index is 1.51. The van der Waals surface area contributed by atoms with Gasteiger partial charge in [0.1, 0.15) is 11.6 Å². The lowest BCUT2D eigenvalue weighted by Crippen LogP contribution is -2.22. The number of benzene rings is 2. The van der Waals surface area contributed by atoms with E-state index in [2.05, 4.69) is 20.2 Å². The number of hydrazone groups is 1. The van der Waals surface area contributed by atoms with Gasteiger partial charge in [0, 0.05) is 18.5 Å². The number of hydrogen-bond donors (Lipinski definition) is 1. The Hall–Kier alpha value is -3.62. The van der Waals surface area contributed by atoms with Crippen molar-refractivity contribution >= 4 is 22.5 Å². The first-order chi connectivity index (χ1) is 14.4. The molecule has 154 valence electrons. The van der Waals surface area contributed by atoms with Crippen LogP contribution in [0.25, 0.3) is 10.9 Å². The number of nitrogens with zero attached hydrogens (tertiary/aromatic N) is 3. The third-order valence-electron chi connectivity index (χ3n) is 4.90. The second-order valence-corrected chi connectivity index (χ2v) is 6.86. The lowest BCUT2D eigenvalue weighted by atomic mass is 10.1. The van der Waals surface area contributed by atoms with E-state index in [9.17, 15) is 18.4 Å². The van der Waals surface area contributed by atoms with E-state index >= 15 is 0 Å². The second-order valence-electron chi connectivity index (χ2n) is 6.86. The minimum atomic E-state index is -2.89. The van der Waals surface area contributed by atoms with Crippen LogP contribution in [0.2, 0.25) is 0 Å². The molecule has 7 nitrogen and oxygen atoms in total. The maximum Gasteiger partial charge on any atom is 0.387 e. The van der Waals surface area contributed by atoms with Crippen LogP contribution in [0.5, 0.6) is 5.75 Å². The number of alkyl halides is 2. The molecule has 2 heterocycles. The lowest BCUT2D eigenvalue weighted by Gasteiger charge is -2.07. The van der Waals surface area contributed by atoms with Gasteiger partial charge >= 0.3 is 6.61 Å². The normalized spacial score (nSPS) is 13.5. The van der Waals surface area contributed by atoms with Crippen molar-refractivity contribution in [3.05, 3.63) is 69.8 Å². The van der Waals surface area contributed by atoms with Crippen LogP contribution in [0.15, 0.2) is 52.4 Å². The number of aromatic nitrogens is 2. The predicted molar refractivity (Wildman–Crippen MR) is 107 cm³/mol. The number of fused-ring (bicyclic) bond motifs is 2. The highest BCUT2D eigenvalue weighted by Gasteiger charge is 2.17. The standard InChI is InChI=1S/C21H18F2N4O3/c1-12(13-4-7-15(8-5-13)30-21(22)23)25-26-19(28)14-6-9-16-17(11-14)24-18-3-2-10-27(18)20(16)29/h4-9,11,21H,2-3,10H2,1H3,(H,26,28)/b25-12-. The highest BCUT2D eigenvalue weighted by molar-refractivity contribution is 6.01. The molecular formula is C21H18F2N4O3. The van der Waals surface area contributed by atoms with E-state index < -0.39 is 12.5 Å². The number of rotatable bonds is 5. The molecule has 9 heteroatoms. The van der Waals surface area contributed by atoms with Gasteiger partial charge in [-0.15, -0.1) is 0 Å². The van der Waals surface area contributed by atoms with Gasteiger partial charge in [0.25, 0.3) is 11.5 Å². The summed E-state index contributed by atoms with van der Waals surface area (Å²) in [6, 6.07) is 10.7. The topological polar surface area (TPSA) is 85.6 Å². The SMILES string of the molecule is C/C(=N/NC(=O)c1ccc2c(=O)n3c(nc2c1)CCC3)c1ccc(OC(F)F)cc1. The van der Waals surface area contributed by atoms with Gasteiger partial charge in [-0.3, -0.25) is 14.2 Å². The number of nitrogens with one attached hydrogen (secondary N) is 1. The molecule has 0 unspecified atom stereocenters. The van der Waals surface area contributed by atoms with E-state index in [1.54, 1.807) is 41.8 Å². The smallest absolute Gasteiger partial charge is 0.387 e. The van der Waals surface area contributed by atoms with Gasteiger partial charge in [-0.1, -0.05) is 0 Å². The van der Waals surface area contributed by atoms with Crippen molar-refractivity contribution in [1.82, 2.24) is 15.0 Å². The third-order valence-corrected chi connectivity index (χ3v) is 4.90. The van der Waals surface area contributed by atoms with Gasteiger partial charge < -0.3 is 4.74 Å². The van der Waals surface area contributed by atoms with Crippen LogP contribution < -0.4 is 15.7 Å². The highest BCUT2D eigenvalue weighted by atomic mass is 19.3. The molecule has 1 aliphatic heterocycles. The quantitative estimate of drug-likeness (QED) is 0.516. The molecule has 2 aromatic carbocycles. The molecule has 0 fully saturated rings. The van der Waals surface area contributed by atoms with Crippen molar-refractivity contribution in [1.29, 1.82) is 0 Å². The summed E-state index contributed by atoms with van der Waals surface area (Å²) in [5, 5.41) is 4.53. The van der Waals surface area contributed by atoms with E-state index in [0.29, 0.717) is 34.3 Å². The fourth-order valence-corrected chi connectivity index (χ4v) is 3.37. The minimum Gasteiger partial charge on any atom is -0.435 e. The summed E-state index contributed by atoms with van der Waals surface area (Å²) in [7, 11) is 0. The van der Waals surface area contributed by atoms with Crippen LogP contribution >= 0.6 is 0 Å². The van der Waals surface area contributed by atoms with Crippen molar-refractivity contribution in [2.45, 2.75) is 32.9 Å². The number of hydrogen-bond acceptors (Lipinski definition) is 5.